The fraction of sp³-hybridized carbons (Fsp3) is 0.538. The number of aromatic nitrogens is 3. The van der Waals surface area contributed by atoms with Crippen molar-refractivity contribution in [3.63, 3.8) is 0 Å². The lowest BCUT2D eigenvalue weighted by atomic mass is 10.3. The molecule has 2 aromatic rings. The lowest BCUT2D eigenvalue weighted by molar-refractivity contribution is 0.108. The van der Waals surface area contributed by atoms with Crippen molar-refractivity contribution in [3.05, 3.63) is 30.4 Å². The van der Waals surface area contributed by atoms with Crippen molar-refractivity contribution >= 4 is 5.78 Å². The number of imidazole rings is 1. The van der Waals surface area contributed by atoms with E-state index in [9.17, 15) is 0 Å². The minimum Gasteiger partial charge on any atom is -0.395 e. The first kappa shape index (κ1) is 12.5. The van der Waals surface area contributed by atoms with E-state index in [1.165, 1.54) is 0 Å². The van der Waals surface area contributed by atoms with E-state index in [4.69, 9.17) is 5.11 Å². The summed E-state index contributed by atoms with van der Waals surface area (Å²) in [6.07, 6.45) is 5.78. The van der Waals surface area contributed by atoms with Crippen LogP contribution in [0.3, 0.4) is 0 Å². The largest absolute Gasteiger partial charge is 0.395 e. The zero-order valence-electron chi connectivity index (χ0n) is 10.9. The average molecular weight is 261 g/mol. The molecule has 1 N–H and O–H groups in total. The van der Waals surface area contributed by atoms with E-state index in [2.05, 4.69) is 19.8 Å². The molecule has 6 nitrogen and oxygen atoms in total. The maximum Gasteiger partial charge on any atom is 0.233 e. The molecule has 0 unspecified atom stereocenters. The number of aliphatic hydroxyl groups excluding tert-OH is 1. The standard InChI is InChI=1S/C13H19N5O/c19-9-8-16-4-6-17(7-5-16)10-12-11-18-3-1-2-14-13(18)15-12/h1-3,11,19H,4-10H2. The van der Waals surface area contributed by atoms with Crippen LogP contribution in [0.5, 0.6) is 0 Å². The van der Waals surface area contributed by atoms with Gasteiger partial charge in [0.15, 0.2) is 0 Å². The summed E-state index contributed by atoms with van der Waals surface area (Å²) in [5.41, 5.74) is 1.06. The van der Waals surface area contributed by atoms with E-state index < -0.39 is 0 Å². The van der Waals surface area contributed by atoms with Crippen LogP contribution >= 0.6 is 0 Å². The number of rotatable bonds is 4. The van der Waals surface area contributed by atoms with E-state index in [1.54, 1.807) is 6.20 Å². The van der Waals surface area contributed by atoms with Crippen LogP contribution in [-0.4, -0.2) is 68.6 Å². The topological polar surface area (TPSA) is 56.9 Å². The van der Waals surface area contributed by atoms with Crippen molar-refractivity contribution in [1.82, 2.24) is 24.2 Å². The molecule has 0 bridgehead atoms. The van der Waals surface area contributed by atoms with Crippen molar-refractivity contribution in [2.24, 2.45) is 0 Å². The number of fused-ring (bicyclic) bond motifs is 1. The van der Waals surface area contributed by atoms with Gasteiger partial charge in [-0.3, -0.25) is 14.2 Å². The molecule has 0 saturated carbocycles. The predicted molar refractivity (Wildman–Crippen MR) is 71.8 cm³/mol. The molecule has 2 aromatic heterocycles. The number of hydrogen-bond donors (Lipinski definition) is 1. The molecule has 0 amide bonds. The summed E-state index contributed by atoms with van der Waals surface area (Å²) < 4.78 is 1.96. The van der Waals surface area contributed by atoms with Gasteiger partial charge in [-0.2, -0.15) is 0 Å². The van der Waals surface area contributed by atoms with Crippen molar-refractivity contribution in [2.75, 3.05) is 39.3 Å². The Kier molecular flexibility index (Phi) is 3.72. The highest BCUT2D eigenvalue weighted by Gasteiger charge is 2.17. The number of piperazine rings is 1. The van der Waals surface area contributed by atoms with Gasteiger partial charge in [0.1, 0.15) is 0 Å². The van der Waals surface area contributed by atoms with Gasteiger partial charge in [0.25, 0.3) is 0 Å². The first-order valence-electron chi connectivity index (χ1n) is 6.69. The molecule has 0 aliphatic carbocycles. The number of hydrogen-bond acceptors (Lipinski definition) is 5. The molecule has 102 valence electrons. The van der Waals surface area contributed by atoms with Crippen LogP contribution in [0, 0.1) is 0 Å². The first-order valence-corrected chi connectivity index (χ1v) is 6.69. The maximum atomic E-state index is 8.93. The summed E-state index contributed by atoms with van der Waals surface area (Å²) in [5, 5.41) is 8.93. The lowest BCUT2D eigenvalue weighted by Gasteiger charge is -2.33. The van der Waals surface area contributed by atoms with E-state index in [-0.39, 0.29) is 6.61 Å². The molecule has 0 aromatic carbocycles. The Balaban J connectivity index is 1.60. The Morgan fingerprint density at radius 2 is 1.95 bits per heavy atom. The third kappa shape index (κ3) is 2.91. The zero-order valence-corrected chi connectivity index (χ0v) is 10.9. The molecular formula is C13H19N5O. The Labute approximate surface area is 112 Å². The molecule has 1 aliphatic rings. The second-order valence-electron chi connectivity index (χ2n) is 4.90. The highest BCUT2D eigenvalue weighted by Crippen LogP contribution is 2.08. The summed E-state index contributed by atoms with van der Waals surface area (Å²) in [6, 6.07) is 1.91. The molecular weight excluding hydrogens is 242 g/mol. The third-order valence-corrected chi connectivity index (χ3v) is 3.55. The smallest absolute Gasteiger partial charge is 0.233 e. The maximum absolute atomic E-state index is 8.93. The van der Waals surface area contributed by atoms with Crippen molar-refractivity contribution in [1.29, 1.82) is 0 Å². The van der Waals surface area contributed by atoms with Gasteiger partial charge in [-0.15, -0.1) is 0 Å². The minimum atomic E-state index is 0.248. The number of nitrogens with zero attached hydrogens (tertiary/aromatic N) is 5. The Hall–Kier alpha value is -1.50. The van der Waals surface area contributed by atoms with Crippen LogP contribution in [0.25, 0.3) is 5.78 Å². The van der Waals surface area contributed by atoms with Crippen LogP contribution in [0.4, 0.5) is 0 Å². The summed E-state index contributed by atoms with van der Waals surface area (Å²) in [6.45, 7) is 6.00. The highest BCUT2D eigenvalue weighted by molar-refractivity contribution is 5.29. The number of aliphatic hydroxyl groups is 1. The summed E-state index contributed by atoms with van der Waals surface area (Å²) >= 11 is 0. The Bertz CT molecular complexity index is 500. The molecule has 3 rings (SSSR count). The third-order valence-electron chi connectivity index (χ3n) is 3.55. The van der Waals surface area contributed by atoms with E-state index in [0.717, 1.165) is 50.7 Å². The second kappa shape index (κ2) is 5.64. The fourth-order valence-corrected chi connectivity index (χ4v) is 2.50. The summed E-state index contributed by atoms with van der Waals surface area (Å²) in [7, 11) is 0. The zero-order chi connectivity index (χ0) is 13.1. The number of β-amino-alcohol motifs (C(OH)–C–C–N with tert-alkyl or cyclic N) is 1. The molecule has 0 atom stereocenters. The van der Waals surface area contributed by atoms with Gasteiger partial charge >= 0.3 is 0 Å². The van der Waals surface area contributed by atoms with Gasteiger partial charge in [0, 0.05) is 57.9 Å². The normalized spacial score (nSPS) is 18.2. The second-order valence-corrected chi connectivity index (χ2v) is 4.90. The van der Waals surface area contributed by atoms with Crippen LogP contribution in [0.2, 0.25) is 0 Å². The van der Waals surface area contributed by atoms with Crippen LogP contribution in [0.1, 0.15) is 5.69 Å². The monoisotopic (exact) mass is 261 g/mol. The van der Waals surface area contributed by atoms with E-state index in [0.29, 0.717) is 0 Å². The van der Waals surface area contributed by atoms with Gasteiger partial charge < -0.3 is 5.11 Å². The van der Waals surface area contributed by atoms with Gasteiger partial charge in [0.05, 0.1) is 12.3 Å². The molecule has 0 radical (unpaired) electrons. The van der Waals surface area contributed by atoms with Crippen molar-refractivity contribution < 1.29 is 5.11 Å². The molecule has 19 heavy (non-hydrogen) atoms. The molecule has 1 saturated heterocycles. The summed E-state index contributed by atoms with van der Waals surface area (Å²) in [5.74, 6) is 0.761. The van der Waals surface area contributed by atoms with Gasteiger partial charge in [-0.1, -0.05) is 0 Å². The van der Waals surface area contributed by atoms with E-state index >= 15 is 0 Å². The first-order chi connectivity index (χ1) is 9.35. The summed E-state index contributed by atoms with van der Waals surface area (Å²) in [4.78, 5) is 13.4. The van der Waals surface area contributed by atoms with Gasteiger partial charge in [-0.05, 0) is 6.07 Å². The van der Waals surface area contributed by atoms with Crippen molar-refractivity contribution in [3.8, 4) is 0 Å². The fourth-order valence-electron chi connectivity index (χ4n) is 2.50. The van der Waals surface area contributed by atoms with Crippen molar-refractivity contribution in [2.45, 2.75) is 6.54 Å². The molecule has 6 heteroatoms. The highest BCUT2D eigenvalue weighted by atomic mass is 16.3. The van der Waals surface area contributed by atoms with Gasteiger partial charge in [0.2, 0.25) is 5.78 Å². The Morgan fingerprint density at radius 3 is 2.68 bits per heavy atom. The quantitative estimate of drug-likeness (QED) is 0.829. The molecule has 1 aliphatic heterocycles. The van der Waals surface area contributed by atoms with Gasteiger partial charge in [-0.25, -0.2) is 9.97 Å². The minimum absolute atomic E-state index is 0.248. The average Bonchev–Trinajstić information content (AvgIpc) is 2.83. The SMILES string of the molecule is OCCN1CCN(Cc2cn3cccnc3n2)CC1. The van der Waals surface area contributed by atoms with Crippen LogP contribution < -0.4 is 0 Å². The van der Waals surface area contributed by atoms with Crippen LogP contribution in [0.15, 0.2) is 24.7 Å². The Morgan fingerprint density at radius 1 is 1.16 bits per heavy atom. The van der Waals surface area contributed by atoms with E-state index in [1.807, 2.05) is 22.9 Å². The molecule has 0 spiro atoms. The predicted octanol–water partition coefficient (Wildman–Crippen LogP) is -0.161. The lowest BCUT2D eigenvalue weighted by Crippen LogP contribution is -2.46. The van der Waals surface area contributed by atoms with Crippen LogP contribution in [-0.2, 0) is 6.54 Å². The molecule has 1 fully saturated rings. The molecule has 3 heterocycles.